The van der Waals surface area contributed by atoms with Gasteiger partial charge < -0.3 is 15.5 Å². The topological polar surface area (TPSA) is 27.3 Å². The minimum atomic E-state index is -0.0620. The second kappa shape index (κ2) is 7.33. The molecule has 0 saturated carbocycles. The maximum atomic E-state index is 5.75. The number of allylic oxidation sites excluding steroid dienone is 1. The lowest BCUT2D eigenvalue weighted by Gasteiger charge is -2.36. The Balaban J connectivity index is 1.99. The summed E-state index contributed by atoms with van der Waals surface area (Å²) in [4.78, 5) is 2.67. The predicted molar refractivity (Wildman–Crippen MR) is 113 cm³/mol. The second-order valence-corrected chi connectivity index (χ2v) is 6.97. The number of benzene rings is 2. The Hall–Kier alpha value is -2.24. The minimum Gasteiger partial charge on any atom is -0.351 e. The average molecular weight is 368 g/mol. The van der Waals surface area contributed by atoms with Gasteiger partial charge in [0, 0.05) is 24.0 Å². The first-order valence-electron chi connectivity index (χ1n) is 8.15. The molecule has 0 bridgehead atoms. The largest absolute Gasteiger partial charge is 0.351 e. The molecular weight excluding hydrogens is 346 g/mol. The van der Waals surface area contributed by atoms with Crippen LogP contribution >= 0.6 is 24.4 Å². The van der Waals surface area contributed by atoms with Gasteiger partial charge in [-0.15, -0.1) is 0 Å². The smallest absolute Gasteiger partial charge is 0.173 e. The van der Waals surface area contributed by atoms with Gasteiger partial charge in [0.15, 0.2) is 5.11 Å². The normalized spacial score (nSPS) is 17.3. The first kappa shape index (κ1) is 17.6. The average Bonchev–Trinajstić information content (AvgIpc) is 2.61. The van der Waals surface area contributed by atoms with E-state index in [0.717, 1.165) is 22.5 Å². The van der Waals surface area contributed by atoms with E-state index < -0.39 is 0 Å². The number of para-hydroxylation sites is 1. The van der Waals surface area contributed by atoms with E-state index in [9.17, 15) is 0 Å². The van der Waals surface area contributed by atoms with Crippen LogP contribution in [0.5, 0.6) is 0 Å². The first-order valence-corrected chi connectivity index (χ1v) is 8.97. The molecule has 0 radical (unpaired) electrons. The van der Waals surface area contributed by atoms with Crippen molar-refractivity contribution in [3.8, 4) is 0 Å². The van der Waals surface area contributed by atoms with Crippen LogP contribution in [0.3, 0.4) is 0 Å². The van der Waals surface area contributed by atoms with Crippen LogP contribution in [0, 0.1) is 6.92 Å². The van der Waals surface area contributed by atoms with Gasteiger partial charge in [-0.05, 0) is 43.8 Å². The fourth-order valence-electron chi connectivity index (χ4n) is 2.86. The van der Waals surface area contributed by atoms with Crippen LogP contribution in [0.4, 0.5) is 5.69 Å². The summed E-state index contributed by atoms with van der Waals surface area (Å²) in [6.07, 6.45) is 0. The van der Waals surface area contributed by atoms with Gasteiger partial charge in [0.1, 0.15) is 4.99 Å². The molecule has 0 aliphatic carbocycles. The zero-order chi connectivity index (χ0) is 18.0. The zero-order valence-electron chi connectivity index (χ0n) is 14.5. The van der Waals surface area contributed by atoms with E-state index in [1.54, 1.807) is 0 Å². The highest BCUT2D eigenvalue weighted by molar-refractivity contribution is 7.81. The monoisotopic (exact) mass is 367 g/mol. The Bertz CT molecular complexity index is 826. The SMILES string of the molecule is CC1=C(C(=S)Nc2ccccc2)[C@H](c2ccc(C)cc2)NC(=S)N1C. The Labute approximate surface area is 159 Å². The van der Waals surface area contributed by atoms with Crippen LogP contribution in [-0.2, 0) is 0 Å². The molecule has 5 heteroatoms. The highest BCUT2D eigenvalue weighted by atomic mass is 32.1. The van der Waals surface area contributed by atoms with Gasteiger partial charge >= 0.3 is 0 Å². The molecule has 25 heavy (non-hydrogen) atoms. The molecule has 0 amide bonds. The van der Waals surface area contributed by atoms with Crippen molar-refractivity contribution in [3.05, 3.63) is 77.0 Å². The van der Waals surface area contributed by atoms with Crippen LogP contribution in [0.1, 0.15) is 24.1 Å². The van der Waals surface area contributed by atoms with E-state index in [1.807, 2.05) is 42.3 Å². The van der Waals surface area contributed by atoms with Gasteiger partial charge in [-0.25, -0.2) is 0 Å². The van der Waals surface area contributed by atoms with Crippen molar-refractivity contribution in [1.29, 1.82) is 0 Å². The molecule has 3 rings (SSSR count). The van der Waals surface area contributed by atoms with Gasteiger partial charge in [0.05, 0.1) is 6.04 Å². The summed E-state index contributed by atoms with van der Waals surface area (Å²) >= 11 is 11.2. The van der Waals surface area contributed by atoms with Gasteiger partial charge in [-0.1, -0.05) is 60.2 Å². The molecule has 0 saturated heterocycles. The van der Waals surface area contributed by atoms with E-state index >= 15 is 0 Å². The molecule has 2 aromatic rings. The van der Waals surface area contributed by atoms with E-state index in [2.05, 4.69) is 48.7 Å². The van der Waals surface area contributed by atoms with E-state index in [0.29, 0.717) is 10.1 Å². The van der Waals surface area contributed by atoms with Crippen LogP contribution in [-0.4, -0.2) is 22.0 Å². The summed E-state index contributed by atoms with van der Waals surface area (Å²) in [5.74, 6) is 0. The quantitative estimate of drug-likeness (QED) is 0.775. The summed E-state index contributed by atoms with van der Waals surface area (Å²) in [5.41, 5.74) is 5.45. The standard InChI is InChI=1S/C20H21N3S2/c1-13-9-11-15(12-10-13)18-17(14(2)23(3)20(25)22-18)19(24)21-16-7-5-4-6-8-16/h4-12,18H,1-3H3,(H,21,24)(H,22,25)/t18-/m0/s1. The molecule has 1 heterocycles. The maximum Gasteiger partial charge on any atom is 0.173 e. The molecule has 0 spiro atoms. The molecule has 3 nitrogen and oxygen atoms in total. The molecule has 1 atom stereocenters. The Kier molecular flexibility index (Phi) is 5.16. The van der Waals surface area contributed by atoms with Crippen LogP contribution in [0.15, 0.2) is 65.9 Å². The highest BCUT2D eigenvalue weighted by Gasteiger charge is 2.30. The summed E-state index contributed by atoms with van der Waals surface area (Å²) < 4.78 is 0. The van der Waals surface area contributed by atoms with Crippen molar-refractivity contribution in [2.45, 2.75) is 19.9 Å². The molecular formula is C20H21N3S2. The number of aryl methyl sites for hydroxylation is 1. The molecule has 128 valence electrons. The summed E-state index contributed by atoms with van der Waals surface area (Å²) in [6.45, 7) is 4.14. The van der Waals surface area contributed by atoms with Crippen molar-refractivity contribution < 1.29 is 0 Å². The van der Waals surface area contributed by atoms with E-state index in [-0.39, 0.29) is 6.04 Å². The third kappa shape index (κ3) is 3.72. The molecule has 0 unspecified atom stereocenters. The predicted octanol–water partition coefficient (Wildman–Crippen LogP) is 4.57. The molecule has 1 aliphatic rings. The zero-order valence-corrected chi connectivity index (χ0v) is 16.2. The van der Waals surface area contributed by atoms with E-state index in [1.165, 1.54) is 5.56 Å². The van der Waals surface area contributed by atoms with Gasteiger partial charge in [-0.2, -0.15) is 0 Å². The van der Waals surface area contributed by atoms with Crippen molar-refractivity contribution >= 4 is 40.2 Å². The lowest BCUT2D eigenvalue weighted by molar-refractivity contribution is 0.540. The number of anilines is 1. The van der Waals surface area contributed by atoms with E-state index in [4.69, 9.17) is 24.4 Å². The molecule has 1 aliphatic heterocycles. The fraction of sp³-hybridized carbons (Fsp3) is 0.200. The van der Waals surface area contributed by atoms with Crippen LogP contribution in [0.2, 0.25) is 0 Å². The summed E-state index contributed by atoms with van der Waals surface area (Å²) in [6, 6.07) is 18.4. The third-order valence-corrected chi connectivity index (χ3v) is 5.15. The van der Waals surface area contributed by atoms with Gasteiger partial charge in [0.2, 0.25) is 0 Å². The number of nitrogens with one attached hydrogen (secondary N) is 2. The molecule has 0 aromatic heterocycles. The molecule has 2 N–H and O–H groups in total. The Morgan fingerprint density at radius 3 is 2.32 bits per heavy atom. The fourth-order valence-corrected chi connectivity index (χ4v) is 3.50. The van der Waals surface area contributed by atoms with Crippen molar-refractivity contribution in [3.63, 3.8) is 0 Å². The van der Waals surface area contributed by atoms with Crippen molar-refractivity contribution in [1.82, 2.24) is 10.2 Å². The minimum absolute atomic E-state index is 0.0620. The summed E-state index contributed by atoms with van der Waals surface area (Å²) in [5, 5.41) is 7.48. The van der Waals surface area contributed by atoms with Crippen LogP contribution in [0.25, 0.3) is 0 Å². The summed E-state index contributed by atoms with van der Waals surface area (Å²) in [7, 11) is 1.96. The molecule has 2 aromatic carbocycles. The molecule has 0 fully saturated rings. The number of thiocarbonyl (C=S) groups is 2. The van der Waals surface area contributed by atoms with Gasteiger partial charge in [0.25, 0.3) is 0 Å². The highest BCUT2D eigenvalue weighted by Crippen LogP contribution is 2.31. The van der Waals surface area contributed by atoms with Crippen LogP contribution < -0.4 is 10.6 Å². The first-order chi connectivity index (χ1) is 12.0. The number of rotatable bonds is 3. The second-order valence-electron chi connectivity index (χ2n) is 6.17. The van der Waals surface area contributed by atoms with Crippen molar-refractivity contribution in [2.24, 2.45) is 0 Å². The lowest BCUT2D eigenvalue weighted by atomic mass is 9.94. The number of nitrogens with zero attached hydrogens (tertiary/aromatic N) is 1. The Morgan fingerprint density at radius 1 is 1.04 bits per heavy atom. The Morgan fingerprint density at radius 2 is 1.68 bits per heavy atom. The lowest BCUT2D eigenvalue weighted by Crippen LogP contribution is -2.46. The number of hydrogen-bond acceptors (Lipinski definition) is 2. The van der Waals surface area contributed by atoms with Crippen molar-refractivity contribution in [2.75, 3.05) is 12.4 Å². The third-order valence-electron chi connectivity index (χ3n) is 4.44. The maximum absolute atomic E-state index is 5.75. The number of hydrogen-bond donors (Lipinski definition) is 2. The van der Waals surface area contributed by atoms with Gasteiger partial charge in [-0.3, -0.25) is 0 Å².